The van der Waals surface area contributed by atoms with E-state index in [2.05, 4.69) is 5.92 Å². The zero-order valence-electron chi connectivity index (χ0n) is 8.58. The first-order valence-corrected chi connectivity index (χ1v) is 5.86. The van der Waals surface area contributed by atoms with E-state index in [1.165, 1.54) is 38.5 Å². The summed E-state index contributed by atoms with van der Waals surface area (Å²) in [4.78, 5) is 0. The predicted molar refractivity (Wildman–Crippen MR) is 55.4 cm³/mol. The smallest absolute Gasteiger partial charge is 0.120 e. The lowest BCUT2D eigenvalue weighted by Crippen LogP contribution is -2.51. The fourth-order valence-corrected chi connectivity index (χ4v) is 4.69. The molecule has 4 saturated carbocycles. The van der Waals surface area contributed by atoms with Crippen LogP contribution >= 0.6 is 0 Å². The second-order valence-electron chi connectivity index (χ2n) is 5.85. The van der Waals surface area contributed by atoms with Crippen LogP contribution in [-0.4, -0.2) is 11.2 Å². The minimum atomic E-state index is -0.476. The first kappa shape index (κ1) is 8.80. The van der Waals surface area contributed by atoms with Crippen molar-refractivity contribution in [2.24, 2.45) is 23.2 Å². The Kier molecular flexibility index (Phi) is 1.74. The lowest BCUT2D eigenvalue weighted by atomic mass is 9.48. The third kappa shape index (κ3) is 1.07. The zero-order valence-corrected chi connectivity index (χ0v) is 8.58. The van der Waals surface area contributed by atoms with Gasteiger partial charge in [-0.05, 0) is 56.3 Å². The van der Waals surface area contributed by atoms with E-state index in [0.717, 1.165) is 17.8 Å². The maximum absolute atomic E-state index is 9.99. The molecule has 0 radical (unpaired) electrons. The average molecular weight is 190 g/mol. The van der Waals surface area contributed by atoms with Crippen molar-refractivity contribution in [3.8, 4) is 12.3 Å². The van der Waals surface area contributed by atoms with Crippen molar-refractivity contribution in [2.45, 2.75) is 44.6 Å². The molecule has 4 fully saturated rings. The Morgan fingerprint density at radius 2 is 1.50 bits per heavy atom. The summed E-state index contributed by atoms with van der Waals surface area (Å²) in [6.45, 7) is 0. The van der Waals surface area contributed by atoms with Crippen molar-refractivity contribution in [3.05, 3.63) is 0 Å². The van der Waals surface area contributed by atoms with Gasteiger partial charge in [0.05, 0.1) is 0 Å². The van der Waals surface area contributed by atoms with Gasteiger partial charge in [-0.1, -0.05) is 5.92 Å². The molecule has 1 nitrogen and oxygen atoms in total. The highest BCUT2D eigenvalue weighted by Gasteiger charge is 2.53. The van der Waals surface area contributed by atoms with Crippen LogP contribution in [0.25, 0.3) is 0 Å². The molecule has 0 aromatic heterocycles. The minimum absolute atomic E-state index is 0.128. The van der Waals surface area contributed by atoms with E-state index in [0.29, 0.717) is 0 Å². The second kappa shape index (κ2) is 2.76. The summed E-state index contributed by atoms with van der Waals surface area (Å²) in [6, 6.07) is 0. The SMILES string of the molecule is C#CC(O)C12CC3CC(CC(C3)C1)C2. The van der Waals surface area contributed by atoms with Crippen LogP contribution in [0.1, 0.15) is 38.5 Å². The molecular formula is C13H18O. The van der Waals surface area contributed by atoms with Gasteiger partial charge < -0.3 is 5.11 Å². The third-order valence-corrected chi connectivity index (χ3v) is 4.82. The van der Waals surface area contributed by atoms with Gasteiger partial charge in [0.2, 0.25) is 0 Å². The highest BCUT2D eigenvalue weighted by atomic mass is 16.3. The van der Waals surface area contributed by atoms with E-state index < -0.39 is 6.10 Å². The lowest BCUT2D eigenvalue weighted by molar-refractivity contribution is -0.101. The molecule has 76 valence electrons. The van der Waals surface area contributed by atoms with E-state index in [9.17, 15) is 5.11 Å². The fraction of sp³-hybridized carbons (Fsp3) is 0.846. The summed E-state index contributed by atoms with van der Waals surface area (Å²) < 4.78 is 0. The second-order valence-corrected chi connectivity index (χ2v) is 5.85. The molecule has 0 aromatic carbocycles. The topological polar surface area (TPSA) is 20.2 Å². The summed E-state index contributed by atoms with van der Waals surface area (Å²) in [6.07, 6.45) is 12.8. The van der Waals surface area contributed by atoms with Gasteiger partial charge in [0.15, 0.2) is 0 Å². The molecule has 0 amide bonds. The predicted octanol–water partition coefficient (Wildman–Crippen LogP) is 2.20. The number of hydrogen-bond acceptors (Lipinski definition) is 1. The molecule has 0 spiro atoms. The molecule has 4 bridgehead atoms. The molecule has 0 saturated heterocycles. The highest BCUT2D eigenvalue weighted by Crippen LogP contribution is 2.61. The zero-order chi connectivity index (χ0) is 9.76. The van der Waals surface area contributed by atoms with Crippen LogP contribution in [0.15, 0.2) is 0 Å². The lowest BCUT2D eigenvalue weighted by Gasteiger charge is -2.57. The van der Waals surface area contributed by atoms with Gasteiger partial charge in [-0.25, -0.2) is 0 Å². The number of hydrogen-bond donors (Lipinski definition) is 1. The molecule has 1 unspecified atom stereocenters. The molecule has 4 aliphatic rings. The maximum atomic E-state index is 9.99. The largest absolute Gasteiger partial charge is 0.380 e. The van der Waals surface area contributed by atoms with E-state index >= 15 is 0 Å². The van der Waals surface area contributed by atoms with E-state index in [-0.39, 0.29) is 5.41 Å². The van der Waals surface area contributed by atoms with Crippen molar-refractivity contribution >= 4 is 0 Å². The van der Waals surface area contributed by atoms with Gasteiger partial charge in [-0.3, -0.25) is 0 Å². The third-order valence-electron chi connectivity index (χ3n) is 4.82. The Labute approximate surface area is 85.9 Å². The number of rotatable bonds is 1. The van der Waals surface area contributed by atoms with Crippen LogP contribution in [0.4, 0.5) is 0 Å². The van der Waals surface area contributed by atoms with Crippen LogP contribution in [0.3, 0.4) is 0 Å². The molecular weight excluding hydrogens is 172 g/mol. The van der Waals surface area contributed by atoms with Crippen molar-refractivity contribution < 1.29 is 5.11 Å². The van der Waals surface area contributed by atoms with Gasteiger partial charge >= 0.3 is 0 Å². The molecule has 0 heterocycles. The van der Waals surface area contributed by atoms with Crippen LogP contribution in [0, 0.1) is 35.5 Å². The summed E-state index contributed by atoms with van der Waals surface area (Å²) in [5.41, 5.74) is 0.128. The standard InChI is InChI=1S/C13H18O/c1-2-12(14)13-6-9-3-10(7-13)5-11(4-9)8-13/h1,9-12,14H,3-8H2. The molecule has 14 heavy (non-hydrogen) atoms. The average Bonchev–Trinajstić information content (AvgIpc) is 2.14. The van der Waals surface area contributed by atoms with Crippen LogP contribution < -0.4 is 0 Å². The normalized spacial score (nSPS) is 51.6. The van der Waals surface area contributed by atoms with Crippen LogP contribution in [-0.2, 0) is 0 Å². The Morgan fingerprint density at radius 3 is 1.86 bits per heavy atom. The maximum Gasteiger partial charge on any atom is 0.120 e. The Balaban J connectivity index is 1.91. The monoisotopic (exact) mass is 190 g/mol. The first-order valence-electron chi connectivity index (χ1n) is 5.86. The minimum Gasteiger partial charge on any atom is -0.380 e. The number of aliphatic hydroxyl groups is 1. The number of terminal acetylenes is 1. The van der Waals surface area contributed by atoms with Crippen LogP contribution in [0.2, 0.25) is 0 Å². The van der Waals surface area contributed by atoms with Gasteiger partial charge in [0, 0.05) is 5.41 Å². The van der Waals surface area contributed by atoms with Gasteiger partial charge in [-0.15, -0.1) is 6.42 Å². The molecule has 1 N–H and O–H groups in total. The van der Waals surface area contributed by atoms with Gasteiger partial charge in [0.1, 0.15) is 6.10 Å². The fourth-order valence-electron chi connectivity index (χ4n) is 4.69. The summed E-state index contributed by atoms with van der Waals surface area (Å²) >= 11 is 0. The van der Waals surface area contributed by atoms with Crippen LogP contribution in [0.5, 0.6) is 0 Å². The molecule has 4 rings (SSSR count). The molecule has 0 aliphatic heterocycles. The van der Waals surface area contributed by atoms with Crippen molar-refractivity contribution in [1.82, 2.24) is 0 Å². The van der Waals surface area contributed by atoms with E-state index in [4.69, 9.17) is 6.42 Å². The van der Waals surface area contributed by atoms with Gasteiger partial charge in [-0.2, -0.15) is 0 Å². The van der Waals surface area contributed by atoms with Crippen molar-refractivity contribution in [2.75, 3.05) is 0 Å². The molecule has 1 atom stereocenters. The van der Waals surface area contributed by atoms with Gasteiger partial charge in [0.25, 0.3) is 0 Å². The molecule has 1 heteroatoms. The summed E-state index contributed by atoms with van der Waals surface area (Å²) in [5.74, 6) is 5.21. The Bertz CT molecular complexity index is 251. The first-order chi connectivity index (χ1) is 6.72. The van der Waals surface area contributed by atoms with E-state index in [1.807, 2.05) is 0 Å². The van der Waals surface area contributed by atoms with E-state index in [1.54, 1.807) is 0 Å². The quantitative estimate of drug-likeness (QED) is 0.628. The summed E-state index contributed by atoms with van der Waals surface area (Å²) in [7, 11) is 0. The molecule has 0 aromatic rings. The molecule has 4 aliphatic carbocycles. The Morgan fingerprint density at radius 1 is 1.07 bits per heavy atom. The highest BCUT2D eigenvalue weighted by molar-refractivity contribution is 5.11. The van der Waals surface area contributed by atoms with Crippen molar-refractivity contribution in [3.63, 3.8) is 0 Å². The number of aliphatic hydroxyl groups excluding tert-OH is 1. The Hall–Kier alpha value is -0.480. The summed E-state index contributed by atoms with van der Waals surface area (Å²) in [5, 5.41) is 9.99. The van der Waals surface area contributed by atoms with Crippen molar-refractivity contribution in [1.29, 1.82) is 0 Å².